The number of carbonyl (C=O) groups excluding carboxylic acids is 2. The van der Waals surface area contributed by atoms with Gasteiger partial charge in [0, 0.05) is 13.1 Å². The van der Waals surface area contributed by atoms with E-state index in [0.29, 0.717) is 0 Å². The number of carbonyl (C=O) groups is 2. The molecule has 0 saturated heterocycles. The molecule has 1 aromatic rings. The maximum Gasteiger partial charge on any atom is 0.247 e. The van der Waals surface area contributed by atoms with Gasteiger partial charge in [-0.15, -0.1) is 0 Å². The van der Waals surface area contributed by atoms with E-state index in [-0.39, 0.29) is 11.6 Å². The summed E-state index contributed by atoms with van der Waals surface area (Å²) in [7, 11) is 1.69. The Morgan fingerprint density at radius 3 is 2.65 bits per heavy atom. The zero-order valence-electron chi connectivity index (χ0n) is 11.5. The highest BCUT2D eigenvalue weighted by Gasteiger charge is 2.33. The molecule has 1 heterocycles. The zero-order valence-corrected chi connectivity index (χ0v) is 11.5. The van der Waals surface area contributed by atoms with E-state index in [0.717, 1.165) is 25.7 Å². The number of rotatable bonds is 4. The highest BCUT2D eigenvalue weighted by Crippen LogP contribution is 2.23. The molecule has 1 aliphatic rings. The number of hydrogen-bond donors (Lipinski definition) is 0. The summed E-state index contributed by atoms with van der Waals surface area (Å²) >= 11 is 0. The molecule has 1 aliphatic carbocycles. The highest BCUT2D eigenvalue weighted by molar-refractivity contribution is 6.11. The van der Waals surface area contributed by atoms with Crippen molar-refractivity contribution < 1.29 is 14.0 Å². The number of hydrogen-bond acceptors (Lipinski definition) is 4. The normalized spacial score (nSPS) is 17.2. The van der Waals surface area contributed by atoms with Crippen molar-refractivity contribution in [1.82, 2.24) is 4.90 Å². The van der Waals surface area contributed by atoms with Gasteiger partial charge in [-0.2, -0.15) is 5.26 Å². The zero-order chi connectivity index (χ0) is 14.5. The van der Waals surface area contributed by atoms with Crippen LogP contribution >= 0.6 is 0 Å². The average molecular weight is 274 g/mol. The van der Waals surface area contributed by atoms with Crippen LogP contribution in [0.2, 0.25) is 0 Å². The summed E-state index contributed by atoms with van der Waals surface area (Å²) in [4.78, 5) is 26.1. The van der Waals surface area contributed by atoms with Crippen LogP contribution in [0.15, 0.2) is 23.0 Å². The first-order valence-corrected chi connectivity index (χ1v) is 6.88. The maximum atomic E-state index is 12.4. The monoisotopic (exact) mass is 274 g/mol. The Balaban J connectivity index is 2.09. The van der Waals surface area contributed by atoms with Crippen LogP contribution in [0, 0.1) is 17.2 Å². The van der Waals surface area contributed by atoms with Crippen molar-refractivity contribution in [1.29, 1.82) is 5.26 Å². The van der Waals surface area contributed by atoms with Crippen LogP contribution in [0.1, 0.15) is 42.5 Å². The smallest absolute Gasteiger partial charge is 0.247 e. The molecule has 1 amide bonds. The lowest BCUT2D eigenvalue weighted by Crippen LogP contribution is -2.43. The summed E-state index contributed by atoms with van der Waals surface area (Å²) in [6.07, 6.45) is 7.89. The molecular weight excluding hydrogens is 256 g/mol. The fourth-order valence-corrected chi connectivity index (χ4v) is 2.65. The first-order chi connectivity index (χ1) is 9.65. The number of furan rings is 1. The van der Waals surface area contributed by atoms with Crippen molar-refractivity contribution in [2.24, 2.45) is 5.92 Å². The van der Waals surface area contributed by atoms with Crippen molar-refractivity contribution in [3.05, 3.63) is 24.2 Å². The number of nitrogens with zero attached hydrogens (tertiary/aromatic N) is 2. The van der Waals surface area contributed by atoms with Crippen molar-refractivity contribution in [3.8, 4) is 6.07 Å². The van der Waals surface area contributed by atoms with Gasteiger partial charge in [0.2, 0.25) is 5.91 Å². The van der Waals surface area contributed by atoms with Crippen molar-refractivity contribution in [2.75, 3.05) is 7.05 Å². The molecular formula is C15H18N2O3. The molecule has 1 atom stereocenters. The van der Waals surface area contributed by atoms with Crippen molar-refractivity contribution >= 4 is 11.7 Å². The van der Waals surface area contributed by atoms with E-state index < -0.39 is 17.6 Å². The summed E-state index contributed by atoms with van der Waals surface area (Å²) in [6, 6.07) is 3.44. The fourth-order valence-electron chi connectivity index (χ4n) is 2.65. The molecule has 106 valence electrons. The Morgan fingerprint density at radius 1 is 1.40 bits per heavy atom. The average Bonchev–Trinajstić information content (AvgIpc) is 3.02. The van der Waals surface area contributed by atoms with E-state index in [9.17, 15) is 9.59 Å². The molecule has 2 rings (SSSR count). The topological polar surface area (TPSA) is 74.3 Å². The largest absolute Gasteiger partial charge is 0.472 e. The second-order valence-corrected chi connectivity index (χ2v) is 5.18. The predicted octanol–water partition coefficient (Wildman–Crippen LogP) is 2.39. The summed E-state index contributed by atoms with van der Waals surface area (Å²) in [5, 5.41) is 9.16. The van der Waals surface area contributed by atoms with Crippen LogP contribution in [0.5, 0.6) is 0 Å². The molecule has 0 aromatic carbocycles. The minimum atomic E-state index is -1.28. The van der Waals surface area contributed by atoms with Gasteiger partial charge >= 0.3 is 0 Å². The fraction of sp³-hybridized carbons (Fsp3) is 0.533. The summed E-state index contributed by atoms with van der Waals surface area (Å²) in [5.74, 6) is -2.18. The molecule has 0 N–H and O–H groups in total. The van der Waals surface area contributed by atoms with Gasteiger partial charge in [-0.3, -0.25) is 9.59 Å². The van der Waals surface area contributed by atoms with Gasteiger partial charge in [-0.1, -0.05) is 19.3 Å². The van der Waals surface area contributed by atoms with Crippen LogP contribution in [0.25, 0.3) is 0 Å². The molecule has 0 radical (unpaired) electrons. The minimum Gasteiger partial charge on any atom is -0.472 e. The predicted molar refractivity (Wildman–Crippen MR) is 71.8 cm³/mol. The molecule has 1 aromatic heterocycles. The van der Waals surface area contributed by atoms with E-state index in [2.05, 4.69) is 0 Å². The standard InChI is InChI=1S/C15H18N2O3/c1-17(12-5-3-2-4-6-12)15(19)13(9-16)14(18)11-7-8-20-10-11/h7-8,10,12-13H,2-6H2,1H3/t13-/m1/s1. The minimum absolute atomic E-state index is 0.143. The molecule has 0 unspecified atom stereocenters. The molecule has 0 bridgehead atoms. The lowest BCUT2D eigenvalue weighted by Gasteiger charge is -2.32. The van der Waals surface area contributed by atoms with Crippen LogP contribution in [0.3, 0.4) is 0 Å². The first-order valence-electron chi connectivity index (χ1n) is 6.88. The number of amides is 1. The lowest BCUT2D eigenvalue weighted by atomic mass is 9.92. The second kappa shape index (κ2) is 6.38. The van der Waals surface area contributed by atoms with E-state index in [1.165, 1.54) is 25.0 Å². The molecule has 1 saturated carbocycles. The lowest BCUT2D eigenvalue weighted by molar-refractivity contribution is -0.133. The van der Waals surface area contributed by atoms with Gasteiger partial charge in [0.05, 0.1) is 17.9 Å². The summed E-state index contributed by atoms with van der Waals surface area (Å²) in [5.41, 5.74) is 0.266. The Bertz CT molecular complexity index is 510. The Labute approximate surface area is 118 Å². The summed E-state index contributed by atoms with van der Waals surface area (Å²) < 4.78 is 4.83. The van der Waals surface area contributed by atoms with Gasteiger partial charge in [0.25, 0.3) is 0 Å². The van der Waals surface area contributed by atoms with Crippen LogP contribution in [0.4, 0.5) is 0 Å². The first kappa shape index (κ1) is 14.3. The van der Waals surface area contributed by atoms with Gasteiger partial charge in [0.15, 0.2) is 11.7 Å². The van der Waals surface area contributed by atoms with Gasteiger partial charge in [0.1, 0.15) is 6.26 Å². The Kier molecular flexibility index (Phi) is 4.57. The third kappa shape index (κ3) is 2.90. The highest BCUT2D eigenvalue weighted by atomic mass is 16.3. The van der Waals surface area contributed by atoms with Crippen molar-refractivity contribution in [2.45, 2.75) is 38.1 Å². The van der Waals surface area contributed by atoms with Crippen LogP contribution < -0.4 is 0 Å². The quantitative estimate of drug-likeness (QED) is 0.624. The van der Waals surface area contributed by atoms with E-state index in [1.54, 1.807) is 11.9 Å². The Hall–Kier alpha value is -2.09. The number of Topliss-reactive ketones (excluding diaryl/α,β-unsaturated/α-hetero) is 1. The molecule has 0 aliphatic heterocycles. The molecule has 5 heteroatoms. The van der Waals surface area contributed by atoms with Crippen molar-refractivity contribution in [3.63, 3.8) is 0 Å². The van der Waals surface area contributed by atoms with Crippen LogP contribution in [-0.4, -0.2) is 29.7 Å². The molecule has 20 heavy (non-hydrogen) atoms. The van der Waals surface area contributed by atoms with Crippen LogP contribution in [-0.2, 0) is 4.79 Å². The van der Waals surface area contributed by atoms with E-state index in [1.807, 2.05) is 6.07 Å². The second-order valence-electron chi connectivity index (χ2n) is 5.18. The number of nitriles is 1. The Morgan fingerprint density at radius 2 is 2.10 bits per heavy atom. The number of ketones is 1. The SMILES string of the molecule is CN(C(=O)[C@H](C#N)C(=O)c1ccoc1)C1CCCCC1. The molecule has 0 spiro atoms. The van der Waals surface area contributed by atoms with E-state index >= 15 is 0 Å². The van der Waals surface area contributed by atoms with Gasteiger partial charge < -0.3 is 9.32 Å². The maximum absolute atomic E-state index is 12.4. The summed E-state index contributed by atoms with van der Waals surface area (Å²) in [6.45, 7) is 0. The molecule has 1 fully saturated rings. The van der Waals surface area contributed by atoms with Gasteiger partial charge in [-0.25, -0.2) is 0 Å². The van der Waals surface area contributed by atoms with Gasteiger partial charge in [-0.05, 0) is 18.9 Å². The third-order valence-electron chi connectivity index (χ3n) is 3.91. The molecule has 5 nitrogen and oxygen atoms in total. The van der Waals surface area contributed by atoms with E-state index in [4.69, 9.17) is 9.68 Å². The third-order valence-corrected chi connectivity index (χ3v) is 3.91.